The molecule has 0 radical (unpaired) electrons. The summed E-state index contributed by atoms with van der Waals surface area (Å²) >= 11 is 0. The van der Waals surface area contributed by atoms with E-state index in [0.717, 1.165) is 25.7 Å². The molecule has 2 bridgehead atoms. The molecular weight excluding hydrogens is 460 g/mol. The summed E-state index contributed by atoms with van der Waals surface area (Å²) in [6, 6.07) is -0.777. The van der Waals surface area contributed by atoms with Crippen molar-refractivity contribution in [2.75, 3.05) is 32.8 Å². The van der Waals surface area contributed by atoms with Crippen LogP contribution in [0.3, 0.4) is 0 Å². The molecule has 2 unspecified atom stereocenters. The number of likely N-dealkylation sites (tertiary alicyclic amines) is 1. The van der Waals surface area contributed by atoms with E-state index < -0.39 is 35.0 Å². The van der Waals surface area contributed by atoms with Gasteiger partial charge in [-0.15, -0.1) is 13.2 Å². The van der Waals surface area contributed by atoms with E-state index in [2.05, 4.69) is 20.1 Å². The van der Waals surface area contributed by atoms with Gasteiger partial charge in [-0.3, -0.25) is 14.4 Å². The first-order valence-corrected chi connectivity index (χ1v) is 13.6. The van der Waals surface area contributed by atoms with Crippen LogP contribution in [0.2, 0.25) is 0 Å². The Morgan fingerprint density at radius 2 is 1.97 bits per heavy atom. The summed E-state index contributed by atoms with van der Waals surface area (Å²) < 4.78 is 12.2. The van der Waals surface area contributed by atoms with Crippen LogP contribution in [-0.4, -0.2) is 82.8 Å². The van der Waals surface area contributed by atoms with Crippen molar-refractivity contribution in [2.45, 2.75) is 88.9 Å². The second kappa shape index (κ2) is 12.4. The molecular formula is C28H44N2O6. The molecule has 1 N–H and O–H groups in total. The van der Waals surface area contributed by atoms with E-state index >= 15 is 0 Å². The molecule has 3 aliphatic rings. The first kappa shape index (κ1) is 28.4. The van der Waals surface area contributed by atoms with Crippen LogP contribution < -0.4 is 0 Å². The minimum atomic E-state index is -1.03. The maximum absolute atomic E-state index is 14.1. The molecule has 0 saturated carbocycles. The standard InChI is InChI=1S/C28H44N2O6/c1-5-8-13-20-35-26(34)22-21-24(32)30(18-11-10-12-19-31)23(28(21)15-14-27(22,4)36-28)25(33)29(16-7-3)17-9-6-2/h5,7,21-23,31H,1,3,6,8-20H2,2,4H3/t21-,22-,23?,27+,28?/m0/s1. The molecule has 5 atom stereocenters. The Balaban J connectivity index is 1.93. The first-order chi connectivity index (χ1) is 17.3. The van der Waals surface area contributed by atoms with Crippen LogP contribution in [0.5, 0.6) is 0 Å². The SMILES string of the molecule is C=CCCCOC(=O)[C@@H]1[C@H]2C(=O)N(CCCCCO)C(C(=O)N(CC=C)CCCC)C23CC[C@@]1(C)O3. The fourth-order valence-corrected chi connectivity index (χ4v) is 6.33. The number of fused-ring (bicyclic) bond motifs is 1. The zero-order chi connectivity index (χ0) is 26.3. The van der Waals surface area contributed by atoms with Gasteiger partial charge in [-0.2, -0.15) is 0 Å². The normalized spacial score (nSPS) is 30.4. The van der Waals surface area contributed by atoms with Crippen LogP contribution in [0.25, 0.3) is 0 Å². The lowest BCUT2D eigenvalue weighted by molar-refractivity contribution is -0.160. The molecule has 8 nitrogen and oxygen atoms in total. The lowest BCUT2D eigenvalue weighted by atomic mass is 9.66. The number of allylic oxidation sites excluding steroid dienone is 1. The van der Waals surface area contributed by atoms with Crippen molar-refractivity contribution >= 4 is 17.8 Å². The van der Waals surface area contributed by atoms with E-state index in [-0.39, 0.29) is 25.0 Å². The minimum Gasteiger partial charge on any atom is -0.465 e. The average molecular weight is 505 g/mol. The van der Waals surface area contributed by atoms with E-state index in [4.69, 9.17) is 9.47 Å². The molecule has 8 heteroatoms. The summed E-state index contributed by atoms with van der Waals surface area (Å²) in [5.74, 6) is -2.20. The van der Waals surface area contributed by atoms with Gasteiger partial charge in [0.05, 0.1) is 18.1 Å². The summed E-state index contributed by atoms with van der Waals surface area (Å²) in [7, 11) is 0. The molecule has 0 aliphatic carbocycles. The number of nitrogens with zero attached hydrogens (tertiary/aromatic N) is 2. The maximum atomic E-state index is 14.1. The molecule has 3 saturated heterocycles. The fourth-order valence-electron chi connectivity index (χ4n) is 6.33. The van der Waals surface area contributed by atoms with Crippen LogP contribution in [0, 0.1) is 11.8 Å². The smallest absolute Gasteiger partial charge is 0.312 e. The zero-order valence-electron chi connectivity index (χ0n) is 22.1. The first-order valence-electron chi connectivity index (χ1n) is 13.6. The highest BCUT2D eigenvalue weighted by molar-refractivity contribution is 5.98. The molecule has 3 aliphatic heterocycles. The quantitative estimate of drug-likeness (QED) is 0.197. The van der Waals surface area contributed by atoms with Gasteiger partial charge in [-0.05, 0) is 58.3 Å². The third-order valence-electron chi connectivity index (χ3n) is 8.06. The summed E-state index contributed by atoms with van der Waals surface area (Å²) in [6.45, 7) is 13.2. The number of aliphatic hydroxyl groups excluding tert-OH is 1. The molecule has 0 aromatic heterocycles. The van der Waals surface area contributed by atoms with Gasteiger partial charge in [-0.25, -0.2) is 0 Å². The fraction of sp³-hybridized carbons (Fsp3) is 0.750. The van der Waals surface area contributed by atoms with Crippen molar-refractivity contribution in [2.24, 2.45) is 11.8 Å². The summed E-state index contributed by atoms with van der Waals surface area (Å²) in [5, 5.41) is 9.18. The van der Waals surface area contributed by atoms with Crippen molar-refractivity contribution < 1.29 is 29.0 Å². The largest absolute Gasteiger partial charge is 0.465 e. The van der Waals surface area contributed by atoms with Crippen LogP contribution in [-0.2, 0) is 23.9 Å². The van der Waals surface area contributed by atoms with Crippen molar-refractivity contribution in [1.82, 2.24) is 9.80 Å². The molecule has 2 amide bonds. The van der Waals surface area contributed by atoms with E-state index in [9.17, 15) is 19.5 Å². The van der Waals surface area contributed by atoms with Gasteiger partial charge in [0.25, 0.3) is 0 Å². The molecule has 1 spiro atoms. The molecule has 0 aromatic rings. The Hall–Kier alpha value is -2.19. The highest BCUT2D eigenvalue weighted by Crippen LogP contribution is 2.63. The number of hydrogen-bond donors (Lipinski definition) is 1. The van der Waals surface area contributed by atoms with Gasteiger partial charge in [-0.1, -0.05) is 25.5 Å². The zero-order valence-corrected chi connectivity index (χ0v) is 22.1. The van der Waals surface area contributed by atoms with Gasteiger partial charge >= 0.3 is 5.97 Å². The van der Waals surface area contributed by atoms with E-state index in [1.54, 1.807) is 22.0 Å². The molecule has 0 aromatic carbocycles. The Morgan fingerprint density at radius 3 is 2.64 bits per heavy atom. The number of unbranched alkanes of at least 4 members (excludes halogenated alkanes) is 4. The third-order valence-corrected chi connectivity index (χ3v) is 8.06. The molecule has 36 heavy (non-hydrogen) atoms. The van der Waals surface area contributed by atoms with E-state index in [1.807, 2.05) is 6.92 Å². The number of carbonyl (C=O) groups excluding carboxylic acids is 3. The third kappa shape index (κ3) is 5.25. The molecule has 202 valence electrons. The average Bonchev–Trinajstić information content (AvgIpc) is 3.42. The highest BCUT2D eigenvalue weighted by atomic mass is 16.6. The predicted octanol–water partition coefficient (Wildman–Crippen LogP) is 3.24. The number of amides is 2. The van der Waals surface area contributed by atoms with Gasteiger partial charge in [0.15, 0.2) is 0 Å². The molecule has 3 fully saturated rings. The van der Waals surface area contributed by atoms with Gasteiger partial charge in [0, 0.05) is 26.2 Å². The van der Waals surface area contributed by atoms with Crippen LogP contribution in [0.4, 0.5) is 0 Å². The van der Waals surface area contributed by atoms with E-state index in [0.29, 0.717) is 51.7 Å². The maximum Gasteiger partial charge on any atom is 0.312 e. The second-order valence-electron chi connectivity index (χ2n) is 10.6. The number of hydrogen-bond acceptors (Lipinski definition) is 6. The number of rotatable bonds is 16. The molecule has 3 rings (SSSR count). The van der Waals surface area contributed by atoms with Crippen molar-refractivity contribution in [3.63, 3.8) is 0 Å². The number of esters is 1. The predicted molar refractivity (Wildman–Crippen MR) is 137 cm³/mol. The van der Waals surface area contributed by atoms with E-state index in [1.165, 1.54) is 0 Å². The lowest BCUT2D eigenvalue weighted by Gasteiger charge is -2.37. The van der Waals surface area contributed by atoms with Crippen LogP contribution >= 0.6 is 0 Å². The Bertz CT molecular complexity index is 831. The van der Waals surface area contributed by atoms with Crippen molar-refractivity contribution in [1.29, 1.82) is 0 Å². The van der Waals surface area contributed by atoms with Gasteiger partial charge < -0.3 is 24.4 Å². The Labute approximate surface area is 215 Å². The number of aliphatic hydroxyl groups is 1. The van der Waals surface area contributed by atoms with Crippen molar-refractivity contribution in [3.8, 4) is 0 Å². The van der Waals surface area contributed by atoms with Crippen LogP contribution in [0.1, 0.15) is 71.6 Å². The van der Waals surface area contributed by atoms with Crippen molar-refractivity contribution in [3.05, 3.63) is 25.3 Å². The topological polar surface area (TPSA) is 96.4 Å². The summed E-state index contributed by atoms with van der Waals surface area (Å²) in [5.41, 5.74) is -1.86. The number of carbonyl (C=O) groups is 3. The monoisotopic (exact) mass is 504 g/mol. The number of ether oxygens (including phenoxy) is 2. The van der Waals surface area contributed by atoms with Gasteiger partial charge in [0.1, 0.15) is 17.6 Å². The summed E-state index contributed by atoms with van der Waals surface area (Å²) in [4.78, 5) is 44.8. The second-order valence-corrected chi connectivity index (χ2v) is 10.6. The minimum absolute atomic E-state index is 0.0915. The summed E-state index contributed by atoms with van der Waals surface area (Å²) in [6.07, 6.45) is 9.92. The Kier molecular flexibility index (Phi) is 9.75. The van der Waals surface area contributed by atoms with Gasteiger partial charge in [0.2, 0.25) is 11.8 Å². The van der Waals surface area contributed by atoms with Crippen LogP contribution in [0.15, 0.2) is 25.3 Å². The highest BCUT2D eigenvalue weighted by Gasteiger charge is 2.78. The molecule has 3 heterocycles. The Morgan fingerprint density at radius 1 is 1.19 bits per heavy atom. The lowest BCUT2D eigenvalue weighted by Crippen LogP contribution is -2.56.